The van der Waals surface area contributed by atoms with Crippen LogP contribution in [0.5, 0.6) is 0 Å². The van der Waals surface area contributed by atoms with Gasteiger partial charge in [0, 0.05) is 17.3 Å². The van der Waals surface area contributed by atoms with Gasteiger partial charge in [-0.3, -0.25) is 9.48 Å². The number of aromatic nitrogens is 2. The highest BCUT2D eigenvalue weighted by molar-refractivity contribution is 5.76. The first-order valence-corrected chi connectivity index (χ1v) is 10.3. The van der Waals surface area contributed by atoms with Crippen molar-refractivity contribution in [2.24, 2.45) is 17.8 Å². The van der Waals surface area contributed by atoms with E-state index in [0.29, 0.717) is 35.9 Å². The predicted molar refractivity (Wildman–Crippen MR) is 95.0 cm³/mol. The summed E-state index contributed by atoms with van der Waals surface area (Å²) in [7, 11) is 0. The largest absolute Gasteiger partial charge is 0.435 e. The fourth-order valence-electron chi connectivity index (χ4n) is 5.66. The maximum Gasteiger partial charge on any atom is 0.435 e. The molecule has 3 aliphatic rings. The van der Waals surface area contributed by atoms with Gasteiger partial charge in [-0.15, -0.1) is 0 Å². The lowest BCUT2D eigenvalue weighted by molar-refractivity contribution is -0.142. The molecular weight excluding hydrogens is 355 g/mol. The molecule has 4 rings (SSSR count). The molecule has 4 unspecified atom stereocenters. The lowest BCUT2D eigenvalue weighted by Gasteiger charge is -2.28. The van der Waals surface area contributed by atoms with E-state index in [1.54, 1.807) is 0 Å². The molecule has 4 nitrogen and oxygen atoms in total. The number of carbonyl (C=O) groups is 1. The van der Waals surface area contributed by atoms with E-state index >= 15 is 0 Å². The third kappa shape index (κ3) is 3.74. The van der Waals surface area contributed by atoms with Crippen LogP contribution in [0.15, 0.2) is 0 Å². The van der Waals surface area contributed by atoms with Gasteiger partial charge in [-0.25, -0.2) is 0 Å². The van der Waals surface area contributed by atoms with Crippen molar-refractivity contribution < 1.29 is 18.0 Å². The quantitative estimate of drug-likeness (QED) is 0.796. The molecule has 1 aromatic heterocycles. The molecule has 1 heterocycles. The third-order valence-electron chi connectivity index (χ3n) is 6.89. The van der Waals surface area contributed by atoms with Gasteiger partial charge in [-0.1, -0.05) is 12.8 Å². The van der Waals surface area contributed by atoms with E-state index in [1.165, 1.54) is 30.4 Å². The molecule has 2 bridgehead atoms. The molecule has 150 valence electrons. The van der Waals surface area contributed by atoms with Crippen LogP contribution >= 0.6 is 0 Å². The van der Waals surface area contributed by atoms with Gasteiger partial charge in [0.05, 0.1) is 0 Å². The van der Waals surface area contributed by atoms with Crippen molar-refractivity contribution in [2.75, 3.05) is 0 Å². The van der Waals surface area contributed by atoms with Crippen molar-refractivity contribution in [1.82, 2.24) is 15.1 Å². The van der Waals surface area contributed by atoms with Gasteiger partial charge in [0.15, 0.2) is 5.69 Å². The minimum atomic E-state index is -4.47. The van der Waals surface area contributed by atoms with E-state index in [-0.39, 0.29) is 18.5 Å². The minimum Gasteiger partial charge on any atom is -0.352 e. The maximum atomic E-state index is 13.4. The van der Waals surface area contributed by atoms with Gasteiger partial charge in [-0.2, -0.15) is 18.3 Å². The SMILES string of the molecule is CC(NC(=O)Cn1nc(C(F)(F)F)c2c1CCCCC2)C1CC2CCC1C2. The fraction of sp³-hybridized carbons (Fsp3) is 0.800. The summed E-state index contributed by atoms with van der Waals surface area (Å²) in [5.41, 5.74) is 0.102. The number of amides is 1. The van der Waals surface area contributed by atoms with Crippen molar-refractivity contribution in [1.29, 1.82) is 0 Å². The third-order valence-corrected chi connectivity index (χ3v) is 6.89. The molecule has 7 heteroatoms. The average molecular weight is 383 g/mol. The number of alkyl halides is 3. The highest BCUT2D eigenvalue weighted by atomic mass is 19.4. The van der Waals surface area contributed by atoms with Crippen LogP contribution in [0.1, 0.15) is 68.8 Å². The van der Waals surface area contributed by atoms with E-state index < -0.39 is 11.9 Å². The van der Waals surface area contributed by atoms with Crippen LogP contribution in [-0.4, -0.2) is 21.7 Å². The van der Waals surface area contributed by atoms with Gasteiger partial charge in [0.2, 0.25) is 5.91 Å². The Morgan fingerprint density at radius 3 is 2.67 bits per heavy atom. The summed E-state index contributed by atoms with van der Waals surface area (Å²) in [4.78, 5) is 12.6. The minimum absolute atomic E-state index is 0.0732. The normalized spacial score (nSPS) is 28.7. The van der Waals surface area contributed by atoms with E-state index in [9.17, 15) is 18.0 Å². The molecule has 1 amide bonds. The molecule has 0 aromatic carbocycles. The van der Waals surface area contributed by atoms with Crippen molar-refractivity contribution in [3.05, 3.63) is 17.0 Å². The predicted octanol–water partition coefficient (Wildman–Crippen LogP) is 4.11. The Kier molecular flexibility index (Phi) is 4.97. The monoisotopic (exact) mass is 383 g/mol. The number of halogens is 3. The second-order valence-corrected chi connectivity index (χ2v) is 8.68. The highest BCUT2D eigenvalue weighted by Gasteiger charge is 2.42. The first-order chi connectivity index (χ1) is 12.8. The average Bonchev–Trinajstić information content (AvgIpc) is 3.25. The summed E-state index contributed by atoms with van der Waals surface area (Å²) < 4.78 is 41.5. The van der Waals surface area contributed by atoms with Crippen LogP contribution in [0, 0.1) is 17.8 Å². The van der Waals surface area contributed by atoms with E-state index in [4.69, 9.17) is 0 Å². The number of nitrogens with one attached hydrogen (secondary N) is 1. The zero-order chi connectivity index (χ0) is 19.2. The molecule has 0 aliphatic heterocycles. The molecule has 3 aliphatic carbocycles. The van der Waals surface area contributed by atoms with Crippen molar-refractivity contribution in [3.8, 4) is 0 Å². The zero-order valence-electron chi connectivity index (χ0n) is 15.8. The second kappa shape index (κ2) is 7.13. The molecule has 0 saturated heterocycles. The Bertz CT molecular complexity index is 712. The topological polar surface area (TPSA) is 46.9 Å². The molecule has 4 atom stereocenters. The standard InChI is InChI=1S/C20H28F3N3O/c1-12(16-10-13-7-8-14(16)9-13)24-18(27)11-26-17-6-4-2-3-5-15(17)19(25-26)20(21,22)23/h12-14,16H,2-11H2,1H3,(H,24,27). The zero-order valence-corrected chi connectivity index (χ0v) is 15.8. The van der Waals surface area contributed by atoms with Gasteiger partial charge in [0.1, 0.15) is 6.54 Å². The van der Waals surface area contributed by atoms with Gasteiger partial charge >= 0.3 is 6.18 Å². The van der Waals surface area contributed by atoms with Crippen LogP contribution in [0.25, 0.3) is 0 Å². The first-order valence-electron chi connectivity index (χ1n) is 10.3. The van der Waals surface area contributed by atoms with Crippen LogP contribution in [-0.2, 0) is 30.4 Å². The summed E-state index contributed by atoms with van der Waals surface area (Å²) in [5.74, 6) is 1.78. The summed E-state index contributed by atoms with van der Waals surface area (Å²) in [6, 6.07) is 0.0732. The maximum absolute atomic E-state index is 13.4. The molecule has 2 saturated carbocycles. The number of fused-ring (bicyclic) bond motifs is 3. The number of hydrogen-bond donors (Lipinski definition) is 1. The summed E-state index contributed by atoms with van der Waals surface area (Å²) >= 11 is 0. The number of carbonyl (C=O) groups excluding carboxylic acids is 1. The Hall–Kier alpha value is -1.53. The molecule has 0 spiro atoms. The summed E-state index contributed by atoms with van der Waals surface area (Å²) in [6.45, 7) is 1.91. The lowest BCUT2D eigenvalue weighted by Crippen LogP contribution is -2.41. The Morgan fingerprint density at radius 2 is 2.00 bits per heavy atom. The molecule has 1 N–H and O–H groups in total. The Balaban J connectivity index is 1.47. The number of rotatable bonds is 4. The first kappa shape index (κ1) is 18.8. The van der Waals surface area contributed by atoms with E-state index in [1.807, 2.05) is 6.92 Å². The number of hydrogen-bond acceptors (Lipinski definition) is 2. The van der Waals surface area contributed by atoms with Crippen molar-refractivity contribution in [3.63, 3.8) is 0 Å². The molecular formula is C20H28F3N3O. The Morgan fingerprint density at radius 1 is 1.22 bits per heavy atom. The summed E-state index contributed by atoms with van der Waals surface area (Å²) in [5, 5.41) is 6.86. The van der Waals surface area contributed by atoms with Gasteiger partial charge in [0.25, 0.3) is 0 Å². The van der Waals surface area contributed by atoms with Crippen molar-refractivity contribution >= 4 is 5.91 Å². The van der Waals surface area contributed by atoms with Gasteiger partial charge < -0.3 is 5.32 Å². The van der Waals surface area contributed by atoms with Crippen LogP contribution in [0.4, 0.5) is 13.2 Å². The van der Waals surface area contributed by atoms with Crippen LogP contribution in [0.3, 0.4) is 0 Å². The molecule has 2 fully saturated rings. The highest BCUT2D eigenvalue weighted by Crippen LogP contribution is 2.49. The van der Waals surface area contributed by atoms with Crippen molar-refractivity contribution in [2.45, 2.75) is 83.5 Å². The summed E-state index contributed by atoms with van der Waals surface area (Å²) in [6.07, 6.45) is 3.99. The smallest absolute Gasteiger partial charge is 0.352 e. The second-order valence-electron chi connectivity index (χ2n) is 8.68. The van der Waals surface area contributed by atoms with E-state index in [0.717, 1.165) is 25.2 Å². The van der Waals surface area contributed by atoms with E-state index in [2.05, 4.69) is 10.4 Å². The van der Waals surface area contributed by atoms with Crippen LogP contribution in [0.2, 0.25) is 0 Å². The van der Waals surface area contributed by atoms with Crippen LogP contribution < -0.4 is 5.32 Å². The van der Waals surface area contributed by atoms with Gasteiger partial charge in [-0.05, 0) is 69.6 Å². The fourth-order valence-corrected chi connectivity index (χ4v) is 5.66. The molecule has 1 aromatic rings. The Labute approximate surface area is 157 Å². The number of nitrogens with zero attached hydrogens (tertiary/aromatic N) is 2. The molecule has 27 heavy (non-hydrogen) atoms. The molecule has 0 radical (unpaired) electrons. The lowest BCUT2D eigenvalue weighted by atomic mass is 9.84.